The lowest BCUT2D eigenvalue weighted by atomic mass is 9.92. The first kappa shape index (κ1) is 15.8. The molecule has 2 aromatic rings. The molecule has 3 rings (SSSR count). The van der Waals surface area contributed by atoms with E-state index in [-0.39, 0.29) is 0 Å². The quantitative estimate of drug-likeness (QED) is 0.864. The van der Waals surface area contributed by atoms with Gasteiger partial charge in [0.2, 0.25) is 11.7 Å². The van der Waals surface area contributed by atoms with Crippen LogP contribution in [-0.4, -0.2) is 48.9 Å². The molecular formula is C17H23N3O3. The lowest BCUT2D eigenvalue weighted by Crippen LogP contribution is -2.36. The molecule has 1 aliphatic rings. The Hall–Kier alpha value is -2.08. The van der Waals surface area contributed by atoms with E-state index in [2.05, 4.69) is 29.0 Å². The fraction of sp³-hybridized carbons (Fsp3) is 0.529. The molecule has 2 atom stereocenters. The van der Waals surface area contributed by atoms with Crippen molar-refractivity contribution in [3.05, 3.63) is 24.1 Å². The van der Waals surface area contributed by atoms with Crippen molar-refractivity contribution in [3.8, 4) is 22.9 Å². The number of benzene rings is 1. The topological polar surface area (TPSA) is 60.6 Å². The molecule has 0 bridgehead atoms. The maximum absolute atomic E-state index is 5.52. The summed E-state index contributed by atoms with van der Waals surface area (Å²) in [6.45, 7) is 3.29. The SMILES string of the molecule is COc1ccc(-c2noc([C@H]3CCN(C)[C@@H](C)C3)n2)cc1OC. The van der Waals surface area contributed by atoms with Gasteiger partial charge in [-0.1, -0.05) is 5.16 Å². The molecule has 0 amide bonds. The number of nitrogens with zero attached hydrogens (tertiary/aromatic N) is 3. The Morgan fingerprint density at radius 1 is 1.22 bits per heavy atom. The van der Waals surface area contributed by atoms with Gasteiger partial charge in [-0.25, -0.2) is 0 Å². The first-order valence-electron chi connectivity index (χ1n) is 7.88. The van der Waals surface area contributed by atoms with Gasteiger partial charge in [-0.05, 0) is 51.6 Å². The second-order valence-corrected chi connectivity index (χ2v) is 6.08. The highest BCUT2D eigenvalue weighted by Crippen LogP contribution is 2.33. The van der Waals surface area contributed by atoms with Crippen LogP contribution in [0.4, 0.5) is 0 Å². The van der Waals surface area contributed by atoms with Crippen LogP contribution in [0.3, 0.4) is 0 Å². The number of likely N-dealkylation sites (tertiary alicyclic amines) is 1. The van der Waals surface area contributed by atoms with Crippen molar-refractivity contribution in [3.63, 3.8) is 0 Å². The van der Waals surface area contributed by atoms with Gasteiger partial charge >= 0.3 is 0 Å². The van der Waals surface area contributed by atoms with Crippen LogP contribution in [0.5, 0.6) is 11.5 Å². The third kappa shape index (κ3) is 3.17. The Labute approximate surface area is 136 Å². The van der Waals surface area contributed by atoms with Gasteiger partial charge in [0.05, 0.1) is 14.2 Å². The zero-order valence-corrected chi connectivity index (χ0v) is 14.1. The molecule has 124 valence electrons. The Bertz CT molecular complexity index is 671. The van der Waals surface area contributed by atoms with Crippen LogP contribution < -0.4 is 9.47 Å². The molecule has 6 heteroatoms. The van der Waals surface area contributed by atoms with Crippen LogP contribution >= 0.6 is 0 Å². The van der Waals surface area contributed by atoms with Gasteiger partial charge in [0, 0.05) is 17.5 Å². The maximum Gasteiger partial charge on any atom is 0.230 e. The largest absolute Gasteiger partial charge is 0.493 e. The second kappa shape index (κ2) is 6.58. The van der Waals surface area contributed by atoms with E-state index in [4.69, 9.17) is 14.0 Å². The van der Waals surface area contributed by atoms with Crippen LogP contribution in [0.25, 0.3) is 11.4 Å². The van der Waals surface area contributed by atoms with Crippen molar-refractivity contribution < 1.29 is 14.0 Å². The van der Waals surface area contributed by atoms with Crippen molar-refractivity contribution in [2.75, 3.05) is 27.8 Å². The van der Waals surface area contributed by atoms with Crippen LogP contribution in [-0.2, 0) is 0 Å². The highest BCUT2D eigenvalue weighted by Gasteiger charge is 2.28. The Kier molecular flexibility index (Phi) is 4.52. The first-order chi connectivity index (χ1) is 11.1. The minimum Gasteiger partial charge on any atom is -0.493 e. The van der Waals surface area contributed by atoms with Crippen LogP contribution in [0.15, 0.2) is 22.7 Å². The van der Waals surface area contributed by atoms with E-state index in [1.807, 2.05) is 18.2 Å². The normalized spacial score (nSPS) is 22.1. The monoisotopic (exact) mass is 317 g/mol. The summed E-state index contributed by atoms with van der Waals surface area (Å²) in [6, 6.07) is 6.16. The third-order valence-corrected chi connectivity index (χ3v) is 4.64. The minimum atomic E-state index is 0.336. The fourth-order valence-corrected chi connectivity index (χ4v) is 3.01. The zero-order valence-electron chi connectivity index (χ0n) is 14.1. The van der Waals surface area contributed by atoms with Gasteiger partial charge in [-0.15, -0.1) is 0 Å². The van der Waals surface area contributed by atoms with Crippen LogP contribution in [0, 0.1) is 0 Å². The predicted octanol–water partition coefficient (Wildman–Crippen LogP) is 2.95. The van der Waals surface area contributed by atoms with E-state index in [0.29, 0.717) is 29.3 Å². The molecule has 0 spiro atoms. The van der Waals surface area contributed by atoms with Gasteiger partial charge in [0.15, 0.2) is 11.5 Å². The number of methoxy groups -OCH3 is 2. The predicted molar refractivity (Wildman–Crippen MR) is 86.9 cm³/mol. The van der Waals surface area contributed by atoms with Gasteiger partial charge in [0.1, 0.15) is 0 Å². The highest BCUT2D eigenvalue weighted by atomic mass is 16.5. The molecule has 0 aliphatic carbocycles. The molecule has 1 fully saturated rings. The van der Waals surface area contributed by atoms with Crippen LogP contribution in [0.1, 0.15) is 31.6 Å². The van der Waals surface area contributed by atoms with Crippen molar-refractivity contribution in [2.45, 2.75) is 31.7 Å². The van der Waals surface area contributed by atoms with Gasteiger partial charge in [-0.2, -0.15) is 4.98 Å². The number of ether oxygens (including phenoxy) is 2. The molecular weight excluding hydrogens is 294 g/mol. The smallest absolute Gasteiger partial charge is 0.230 e. The van der Waals surface area contributed by atoms with Crippen molar-refractivity contribution in [1.82, 2.24) is 15.0 Å². The van der Waals surface area contributed by atoms with E-state index in [1.54, 1.807) is 14.2 Å². The van der Waals surface area contributed by atoms with E-state index in [9.17, 15) is 0 Å². The maximum atomic E-state index is 5.52. The lowest BCUT2D eigenvalue weighted by Gasteiger charge is -2.33. The second-order valence-electron chi connectivity index (χ2n) is 6.08. The van der Waals surface area contributed by atoms with Crippen molar-refractivity contribution in [2.24, 2.45) is 0 Å². The Balaban J connectivity index is 1.82. The summed E-state index contributed by atoms with van der Waals surface area (Å²) in [7, 11) is 5.39. The van der Waals surface area contributed by atoms with E-state index >= 15 is 0 Å². The van der Waals surface area contributed by atoms with E-state index in [1.165, 1.54) is 0 Å². The van der Waals surface area contributed by atoms with Gasteiger partial charge in [0.25, 0.3) is 0 Å². The number of hydrogen-bond acceptors (Lipinski definition) is 6. The molecule has 2 heterocycles. The van der Waals surface area contributed by atoms with Crippen molar-refractivity contribution >= 4 is 0 Å². The molecule has 0 unspecified atom stereocenters. The molecule has 0 N–H and O–H groups in total. The Morgan fingerprint density at radius 3 is 2.70 bits per heavy atom. The molecule has 1 aromatic heterocycles. The molecule has 1 saturated heterocycles. The van der Waals surface area contributed by atoms with Crippen LogP contribution in [0.2, 0.25) is 0 Å². The number of piperidine rings is 1. The molecule has 6 nitrogen and oxygen atoms in total. The summed E-state index contributed by atoms with van der Waals surface area (Å²) >= 11 is 0. The number of hydrogen-bond donors (Lipinski definition) is 0. The number of aromatic nitrogens is 2. The summed E-state index contributed by atoms with van der Waals surface area (Å²) in [5.74, 6) is 3.00. The summed E-state index contributed by atoms with van der Waals surface area (Å²) in [6.07, 6.45) is 2.10. The summed E-state index contributed by atoms with van der Waals surface area (Å²) < 4.78 is 16.1. The Morgan fingerprint density at radius 2 is 2.00 bits per heavy atom. The summed E-state index contributed by atoms with van der Waals surface area (Å²) in [5.41, 5.74) is 0.860. The van der Waals surface area contributed by atoms with Gasteiger partial charge < -0.3 is 18.9 Å². The first-order valence-corrected chi connectivity index (χ1v) is 7.88. The molecule has 23 heavy (non-hydrogen) atoms. The summed E-state index contributed by atoms with van der Waals surface area (Å²) in [4.78, 5) is 6.97. The average Bonchev–Trinajstić information content (AvgIpc) is 3.06. The number of rotatable bonds is 4. The molecule has 1 aromatic carbocycles. The van der Waals surface area contributed by atoms with E-state index < -0.39 is 0 Å². The van der Waals surface area contributed by atoms with Crippen molar-refractivity contribution in [1.29, 1.82) is 0 Å². The standard InChI is InChI=1S/C17H23N3O3/c1-11-9-13(7-8-20(11)2)17-18-16(19-23-17)12-5-6-14(21-3)15(10-12)22-4/h5-6,10-11,13H,7-9H2,1-4H3/t11-,13-/m0/s1. The van der Waals surface area contributed by atoms with Gasteiger partial charge in [-0.3, -0.25) is 0 Å². The molecule has 0 saturated carbocycles. The molecule has 1 aliphatic heterocycles. The molecule has 0 radical (unpaired) electrons. The lowest BCUT2D eigenvalue weighted by molar-refractivity contribution is 0.166. The highest BCUT2D eigenvalue weighted by molar-refractivity contribution is 5.60. The fourth-order valence-electron chi connectivity index (χ4n) is 3.01. The zero-order chi connectivity index (χ0) is 16.4. The summed E-state index contributed by atoms with van der Waals surface area (Å²) in [5, 5.41) is 4.14. The minimum absolute atomic E-state index is 0.336. The van der Waals surface area contributed by atoms with E-state index in [0.717, 1.165) is 30.8 Å². The third-order valence-electron chi connectivity index (χ3n) is 4.64. The average molecular weight is 317 g/mol.